The van der Waals surface area contributed by atoms with Gasteiger partial charge in [-0.05, 0) is 41.2 Å². The highest BCUT2D eigenvalue weighted by Gasteiger charge is 2.65. The van der Waals surface area contributed by atoms with Crippen LogP contribution in [0.2, 0.25) is 0 Å². The normalized spacial score (nSPS) is 29.6. The number of fused-ring (bicyclic) bond motifs is 3. The number of para-hydroxylation sites is 1. The average molecular weight is 260 g/mol. The number of nitrogens with zero attached hydrogens (tertiary/aromatic N) is 1. The Bertz CT molecular complexity index is 728. The van der Waals surface area contributed by atoms with E-state index in [0.717, 1.165) is 12.1 Å². The molecule has 3 atom stereocenters. The van der Waals surface area contributed by atoms with Crippen LogP contribution in [0.1, 0.15) is 23.6 Å². The van der Waals surface area contributed by atoms with Crippen molar-refractivity contribution in [2.75, 3.05) is 11.9 Å². The van der Waals surface area contributed by atoms with Gasteiger partial charge in [0.2, 0.25) is 0 Å². The highest BCUT2D eigenvalue weighted by Crippen LogP contribution is 2.66. The van der Waals surface area contributed by atoms with Crippen LogP contribution in [0, 0.1) is 23.2 Å². The largest absolute Gasteiger partial charge is 0.384 e. The molecule has 1 N–H and O–H groups in total. The summed E-state index contributed by atoms with van der Waals surface area (Å²) in [5.41, 5.74) is 4.79. The fourth-order valence-electron chi connectivity index (χ4n) is 4.13. The second-order valence-electron chi connectivity index (χ2n) is 5.88. The lowest BCUT2D eigenvalue weighted by molar-refractivity contribution is 0.695. The Kier molecular flexibility index (Phi) is 2.23. The number of rotatable bonds is 1. The maximum Gasteiger partial charge on any atom is 0.0991 e. The molecule has 2 aliphatic rings. The van der Waals surface area contributed by atoms with E-state index in [1.165, 1.54) is 16.8 Å². The van der Waals surface area contributed by atoms with Crippen molar-refractivity contribution in [1.29, 1.82) is 5.26 Å². The van der Waals surface area contributed by atoms with Crippen molar-refractivity contribution in [3.05, 3.63) is 65.2 Å². The van der Waals surface area contributed by atoms with Crippen LogP contribution in [-0.2, 0) is 5.41 Å². The summed E-state index contributed by atoms with van der Waals surface area (Å²) in [4.78, 5) is 0. The summed E-state index contributed by atoms with van der Waals surface area (Å²) in [6, 6.07) is 19.0. The highest BCUT2D eigenvalue weighted by molar-refractivity contribution is 5.66. The molecule has 20 heavy (non-hydrogen) atoms. The molecule has 0 radical (unpaired) electrons. The van der Waals surface area contributed by atoms with Crippen molar-refractivity contribution in [1.82, 2.24) is 0 Å². The molecule has 0 amide bonds. The predicted molar refractivity (Wildman–Crippen MR) is 79.5 cm³/mol. The third-order valence-electron chi connectivity index (χ3n) is 5.15. The first-order valence-corrected chi connectivity index (χ1v) is 7.12. The first kappa shape index (κ1) is 11.5. The summed E-state index contributed by atoms with van der Waals surface area (Å²) in [6.07, 6.45) is 0. The molecule has 0 aromatic heterocycles. The van der Waals surface area contributed by atoms with E-state index in [2.05, 4.69) is 54.7 Å². The summed E-state index contributed by atoms with van der Waals surface area (Å²) >= 11 is 0. The van der Waals surface area contributed by atoms with E-state index in [1.807, 2.05) is 12.1 Å². The Hall–Kier alpha value is -2.27. The first-order chi connectivity index (χ1) is 9.78. The Morgan fingerprint density at radius 1 is 1.20 bits per heavy atom. The van der Waals surface area contributed by atoms with Crippen LogP contribution in [-0.4, -0.2) is 6.54 Å². The number of anilines is 1. The van der Waals surface area contributed by atoms with Crippen molar-refractivity contribution >= 4 is 5.69 Å². The maximum absolute atomic E-state index is 9.16. The van der Waals surface area contributed by atoms with Crippen molar-refractivity contribution < 1.29 is 0 Å². The summed E-state index contributed by atoms with van der Waals surface area (Å²) in [5.74, 6) is 1.25. The molecule has 0 saturated heterocycles. The molecule has 0 spiro atoms. The molecule has 1 aliphatic heterocycles. The minimum absolute atomic E-state index is 0.106. The fourth-order valence-corrected chi connectivity index (χ4v) is 4.13. The lowest BCUT2D eigenvalue weighted by Gasteiger charge is -2.27. The van der Waals surface area contributed by atoms with E-state index in [9.17, 15) is 0 Å². The Labute approximate surface area is 119 Å². The van der Waals surface area contributed by atoms with E-state index in [0.29, 0.717) is 11.8 Å². The van der Waals surface area contributed by atoms with Gasteiger partial charge >= 0.3 is 0 Å². The monoisotopic (exact) mass is 260 g/mol. The number of nitriles is 1. The molecule has 2 heteroatoms. The quantitative estimate of drug-likeness (QED) is 0.851. The minimum atomic E-state index is 0.106. The first-order valence-electron chi connectivity index (χ1n) is 7.12. The van der Waals surface area contributed by atoms with Gasteiger partial charge in [0.25, 0.3) is 0 Å². The van der Waals surface area contributed by atoms with Crippen LogP contribution < -0.4 is 5.32 Å². The van der Waals surface area contributed by atoms with Gasteiger partial charge in [-0.25, -0.2) is 0 Å². The number of benzene rings is 2. The molecule has 1 fully saturated rings. The van der Waals surface area contributed by atoms with Crippen molar-refractivity contribution in [3.8, 4) is 6.07 Å². The predicted octanol–water partition coefficient (Wildman–Crippen LogP) is 3.54. The molecule has 2 nitrogen and oxygen atoms in total. The van der Waals surface area contributed by atoms with Gasteiger partial charge in [0.05, 0.1) is 11.6 Å². The Morgan fingerprint density at radius 2 is 2.05 bits per heavy atom. The zero-order valence-corrected chi connectivity index (χ0v) is 11.4. The highest BCUT2D eigenvalue weighted by atomic mass is 15.0. The van der Waals surface area contributed by atoms with Crippen molar-refractivity contribution in [2.24, 2.45) is 11.8 Å². The standard InChI is InChI=1S/C18H16N2/c1-12-16-11-20-17-8-3-2-7-15(17)18(12,16)14-6-4-5-13(9-14)10-19/h2-9,12,16,20H,11H2,1H3/t12?,16-,18?/m0/s1. The van der Waals surface area contributed by atoms with E-state index in [-0.39, 0.29) is 5.41 Å². The van der Waals surface area contributed by atoms with Crippen LogP contribution in [0.5, 0.6) is 0 Å². The van der Waals surface area contributed by atoms with Gasteiger partial charge in [0.1, 0.15) is 0 Å². The molecule has 98 valence electrons. The average Bonchev–Trinajstić information content (AvgIpc) is 3.14. The lowest BCUT2D eigenvalue weighted by Crippen LogP contribution is -2.24. The number of hydrogen-bond acceptors (Lipinski definition) is 2. The fraction of sp³-hybridized carbons (Fsp3) is 0.278. The zero-order chi connectivity index (χ0) is 13.7. The third kappa shape index (κ3) is 1.28. The van der Waals surface area contributed by atoms with Crippen LogP contribution >= 0.6 is 0 Å². The van der Waals surface area contributed by atoms with Gasteiger partial charge in [-0.15, -0.1) is 0 Å². The molecule has 2 unspecified atom stereocenters. The van der Waals surface area contributed by atoms with Gasteiger partial charge < -0.3 is 5.32 Å². The minimum Gasteiger partial charge on any atom is -0.384 e. The molecule has 2 aromatic carbocycles. The molecular weight excluding hydrogens is 244 g/mol. The third-order valence-corrected chi connectivity index (χ3v) is 5.15. The van der Waals surface area contributed by atoms with Crippen LogP contribution in [0.3, 0.4) is 0 Å². The topological polar surface area (TPSA) is 35.8 Å². The summed E-state index contributed by atoms with van der Waals surface area (Å²) in [7, 11) is 0. The van der Waals surface area contributed by atoms with E-state index in [4.69, 9.17) is 5.26 Å². The zero-order valence-electron chi connectivity index (χ0n) is 11.4. The van der Waals surface area contributed by atoms with E-state index in [1.54, 1.807) is 0 Å². The molecule has 1 heterocycles. The SMILES string of the molecule is CC1[C@@H]2CNc3ccccc3C12c1cccc(C#N)c1. The molecule has 0 bridgehead atoms. The van der Waals surface area contributed by atoms with Crippen LogP contribution in [0.4, 0.5) is 5.69 Å². The Balaban J connectivity index is 1.94. The second kappa shape index (κ2) is 3.86. The summed E-state index contributed by atoms with van der Waals surface area (Å²) in [6.45, 7) is 3.35. The summed E-state index contributed by atoms with van der Waals surface area (Å²) in [5, 5.41) is 12.7. The molecule has 1 aliphatic carbocycles. The molecule has 1 saturated carbocycles. The van der Waals surface area contributed by atoms with Crippen molar-refractivity contribution in [2.45, 2.75) is 12.3 Å². The van der Waals surface area contributed by atoms with Gasteiger partial charge in [0.15, 0.2) is 0 Å². The van der Waals surface area contributed by atoms with Crippen LogP contribution in [0.25, 0.3) is 0 Å². The molecule has 4 rings (SSSR count). The molecular formula is C18H16N2. The van der Waals surface area contributed by atoms with Gasteiger partial charge in [-0.3, -0.25) is 0 Å². The van der Waals surface area contributed by atoms with Gasteiger partial charge in [0, 0.05) is 17.6 Å². The second-order valence-corrected chi connectivity index (χ2v) is 5.88. The van der Waals surface area contributed by atoms with Gasteiger partial charge in [-0.2, -0.15) is 5.26 Å². The summed E-state index contributed by atoms with van der Waals surface area (Å²) < 4.78 is 0. The Morgan fingerprint density at radius 3 is 2.90 bits per heavy atom. The van der Waals surface area contributed by atoms with E-state index >= 15 is 0 Å². The van der Waals surface area contributed by atoms with E-state index < -0.39 is 0 Å². The van der Waals surface area contributed by atoms with Gasteiger partial charge in [-0.1, -0.05) is 37.3 Å². The smallest absolute Gasteiger partial charge is 0.0991 e. The lowest BCUT2D eigenvalue weighted by atomic mass is 9.81. The van der Waals surface area contributed by atoms with Crippen molar-refractivity contribution in [3.63, 3.8) is 0 Å². The number of hydrogen-bond donors (Lipinski definition) is 1. The number of nitrogens with one attached hydrogen (secondary N) is 1. The molecule has 2 aromatic rings. The maximum atomic E-state index is 9.16. The van der Waals surface area contributed by atoms with Crippen LogP contribution in [0.15, 0.2) is 48.5 Å².